The number of hydrogen-bond donors (Lipinski definition) is 1. The van der Waals surface area contributed by atoms with Gasteiger partial charge in [-0.05, 0) is 0 Å². The van der Waals surface area contributed by atoms with Crippen LogP contribution in [0.3, 0.4) is 0 Å². The number of thiol groups is 1. The van der Waals surface area contributed by atoms with Crippen LogP contribution in [0.2, 0.25) is 0 Å². The Kier molecular flexibility index (Phi) is 8.70. The van der Waals surface area contributed by atoms with Gasteiger partial charge in [0.15, 0.2) is 0 Å². The van der Waals surface area contributed by atoms with Gasteiger partial charge in [-0.2, -0.15) is 0 Å². The third-order valence-electron chi connectivity index (χ3n) is 0.558. The molecule has 0 rings (SSSR count). The normalized spacial score (nSPS) is 14.1. The first-order valence-corrected chi connectivity index (χ1v) is 12.3. The van der Waals surface area contributed by atoms with Crippen molar-refractivity contribution < 1.29 is 4.52 Å². The average Bonchev–Trinajstić information content (AvgIpc) is 1.87. The van der Waals surface area contributed by atoms with Gasteiger partial charge in [-0.25, -0.2) is 0 Å². The van der Waals surface area contributed by atoms with Gasteiger partial charge in [-0.15, -0.1) is 0 Å². The minimum absolute atomic E-state index is 0.512. The summed E-state index contributed by atoms with van der Waals surface area (Å²) in [6.45, 7) is 1.96. The van der Waals surface area contributed by atoms with E-state index in [1.54, 1.807) is 0 Å². The van der Waals surface area contributed by atoms with Crippen LogP contribution in [-0.4, -0.2) is 6.61 Å². The van der Waals surface area contributed by atoms with Crippen LogP contribution in [0, 0.1) is 0 Å². The van der Waals surface area contributed by atoms with Gasteiger partial charge in [-0.1, -0.05) is 0 Å². The van der Waals surface area contributed by atoms with Crippen LogP contribution in [0.15, 0.2) is 0 Å². The van der Waals surface area contributed by atoms with Gasteiger partial charge in [0.05, 0.1) is 0 Å². The van der Waals surface area contributed by atoms with Crippen molar-refractivity contribution in [1.29, 1.82) is 0 Å². The van der Waals surface area contributed by atoms with Crippen molar-refractivity contribution in [2.24, 2.45) is 0 Å². The van der Waals surface area contributed by atoms with Crippen molar-refractivity contribution in [3.63, 3.8) is 0 Å². The summed E-state index contributed by atoms with van der Waals surface area (Å²) in [5, 5.41) is 0. The summed E-state index contributed by atoms with van der Waals surface area (Å²) in [7, 11) is 12.8. The zero-order valence-electron chi connectivity index (χ0n) is 5.25. The van der Waals surface area contributed by atoms with Gasteiger partial charge in [0, 0.05) is 0 Å². The number of rotatable bonds is 1. The Balaban J connectivity index is 4.11. The zero-order chi connectivity index (χ0) is 8.15. The molecule has 0 N–H and O–H groups in total. The molecule has 0 amide bonds. The Morgan fingerprint density at radius 1 is 1.40 bits per heavy atom. The topological polar surface area (TPSA) is 9.23 Å². The summed E-state index contributed by atoms with van der Waals surface area (Å²) < 4.78 is 5.26. The van der Waals surface area contributed by atoms with E-state index in [1.807, 2.05) is 6.92 Å². The maximum atomic E-state index is 5.26. The second-order valence-corrected chi connectivity index (χ2v) is 19.1. The maximum absolute atomic E-state index is 5.26. The minimum atomic E-state index is -0.682. The van der Waals surface area contributed by atoms with Crippen molar-refractivity contribution >= 4 is 56.5 Å². The van der Waals surface area contributed by atoms with Crippen LogP contribution >= 0.6 is 56.5 Å². The first kappa shape index (κ1) is 12.5. The molecule has 0 spiro atoms. The van der Waals surface area contributed by atoms with Gasteiger partial charge < -0.3 is 0 Å². The Morgan fingerprint density at radius 3 is 2.20 bits per heavy atom. The van der Waals surface area contributed by atoms with Crippen LogP contribution in [0.1, 0.15) is 6.92 Å². The molecule has 8 heteroatoms. The molecule has 1 nitrogen and oxygen atoms in total. The third kappa shape index (κ3) is 5.20. The van der Waals surface area contributed by atoms with E-state index < -0.39 is 19.3 Å². The standard InChI is InChI=1S/C2H6OP6S/c1-2-3-7(4)8(5)9(6)10/h10H,2H2,1H3. The molecule has 0 aromatic rings. The Labute approximate surface area is 74.7 Å². The van der Waals surface area contributed by atoms with Gasteiger partial charge >= 0.3 is 74.6 Å². The second kappa shape index (κ2) is 6.96. The Hall–Kier alpha value is 2.50. The quantitative estimate of drug-likeness (QED) is 0.449. The first-order valence-electron chi connectivity index (χ1n) is 2.38. The molecule has 0 radical (unpaired) electrons. The van der Waals surface area contributed by atoms with Crippen molar-refractivity contribution in [3.05, 3.63) is 0 Å². The molecule has 3 unspecified atom stereocenters. The van der Waals surface area contributed by atoms with Crippen molar-refractivity contribution in [2.75, 3.05) is 6.61 Å². The molecule has 0 aliphatic carbocycles. The van der Waals surface area contributed by atoms with Crippen molar-refractivity contribution in [3.8, 4) is 0 Å². The second-order valence-electron chi connectivity index (χ2n) is 1.21. The van der Waals surface area contributed by atoms with Crippen LogP contribution in [0.5, 0.6) is 0 Å². The van der Waals surface area contributed by atoms with E-state index >= 15 is 0 Å². The third-order valence-corrected chi connectivity index (χ3v) is 22.8. The fourth-order valence-corrected chi connectivity index (χ4v) is 13.8. The molecule has 56 valence electrons. The molecule has 0 aliphatic rings. The van der Waals surface area contributed by atoms with Gasteiger partial charge in [-0.3, -0.25) is 0 Å². The van der Waals surface area contributed by atoms with Gasteiger partial charge in [0.1, 0.15) is 0 Å². The summed E-state index contributed by atoms with van der Waals surface area (Å²) in [5.41, 5.74) is 0. The molecule has 0 saturated carbocycles. The van der Waals surface area contributed by atoms with E-state index in [-0.39, 0.29) is 0 Å². The molecule has 0 aromatic carbocycles. The summed E-state index contributed by atoms with van der Waals surface area (Å²) >= 11 is 4.19. The predicted octanol–water partition coefficient (Wildman–Crippen LogP) is 6.03. The van der Waals surface area contributed by atoms with E-state index in [2.05, 4.69) is 37.3 Å². The number of hydrogen-bond acceptors (Lipinski definition) is 2. The van der Waals surface area contributed by atoms with E-state index in [1.165, 1.54) is 0 Å². The zero-order valence-corrected chi connectivity index (χ0v) is 11.5. The van der Waals surface area contributed by atoms with Crippen molar-refractivity contribution in [1.82, 2.24) is 0 Å². The molecule has 10 heavy (non-hydrogen) atoms. The SMILES string of the molecule is CCOP(#P)P(#P)P(#P)S. The average molecular weight is 264 g/mol. The molecular weight excluding hydrogens is 258 g/mol. The fourth-order valence-electron chi connectivity index (χ4n) is 0.236. The Morgan fingerprint density at radius 2 is 1.90 bits per heavy atom. The molecule has 0 aliphatic heterocycles. The molecule has 0 heterocycles. The van der Waals surface area contributed by atoms with Crippen molar-refractivity contribution in [2.45, 2.75) is 6.92 Å². The van der Waals surface area contributed by atoms with Crippen LogP contribution in [-0.2, 0) is 4.52 Å². The van der Waals surface area contributed by atoms with Gasteiger partial charge in [0.2, 0.25) is 0 Å². The van der Waals surface area contributed by atoms with E-state index in [0.29, 0.717) is 6.61 Å². The molecular formula is C2H6OP6S. The predicted molar refractivity (Wildman–Crippen MR) is 62.1 cm³/mol. The van der Waals surface area contributed by atoms with E-state index in [9.17, 15) is 0 Å². The first-order chi connectivity index (χ1) is 4.59. The van der Waals surface area contributed by atoms with E-state index in [0.717, 1.165) is 0 Å². The molecule has 0 aromatic heterocycles. The molecule has 0 saturated heterocycles. The molecule has 0 fully saturated rings. The van der Waals surface area contributed by atoms with Gasteiger partial charge in [0.25, 0.3) is 0 Å². The summed E-state index contributed by atoms with van der Waals surface area (Å²) in [4.78, 5) is 0. The fraction of sp³-hybridized carbons (Fsp3) is 1.00. The van der Waals surface area contributed by atoms with Crippen LogP contribution < -0.4 is 0 Å². The summed E-state index contributed by atoms with van der Waals surface area (Å²) in [6.07, 6.45) is -0.512. The van der Waals surface area contributed by atoms with E-state index in [4.69, 9.17) is 4.52 Å². The van der Waals surface area contributed by atoms with Crippen LogP contribution in [0.4, 0.5) is 0 Å². The summed E-state index contributed by atoms with van der Waals surface area (Å²) in [5.74, 6) is -0.567. The van der Waals surface area contributed by atoms with Crippen LogP contribution in [0.25, 0.3) is 0 Å². The molecule has 3 atom stereocenters. The summed E-state index contributed by atoms with van der Waals surface area (Å²) in [6, 6.07) is 0. The molecule has 0 bridgehead atoms. The monoisotopic (exact) mass is 264 g/mol. The Bertz CT molecular complexity index is 293.